The van der Waals surface area contributed by atoms with E-state index in [9.17, 15) is 22.8 Å². The molecular formula is C35H44F3N3O3. The Labute approximate surface area is 258 Å². The monoisotopic (exact) mass is 611 g/mol. The van der Waals surface area contributed by atoms with Gasteiger partial charge in [-0.15, -0.1) is 5.06 Å². The van der Waals surface area contributed by atoms with E-state index in [1.54, 1.807) is 4.90 Å². The van der Waals surface area contributed by atoms with E-state index < -0.39 is 23.7 Å². The molecule has 6 nitrogen and oxygen atoms in total. The molecule has 0 aromatic heterocycles. The Bertz CT molecular complexity index is 1230. The molecule has 2 amide bonds. The van der Waals surface area contributed by atoms with Crippen LogP contribution in [0.3, 0.4) is 0 Å². The first-order valence-corrected chi connectivity index (χ1v) is 16.4. The number of likely N-dealkylation sites (tertiary alicyclic amines) is 1. The highest BCUT2D eigenvalue weighted by atomic mass is 19.4. The van der Waals surface area contributed by atoms with Gasteiger partial charge in [0.15, 0.2) is 0 Å². The molecule has 2 aromatic rings. The molecule has 0 spiro atoms. The van der Waals surface area contributed by atoms with Gasteiger partial charge in [0.05, 0.1) is 5.54 Å². The lowest BCUT2D eigenvalue weighted by Gasteiger charge is -2.59. The molecule has 7 rings (SSSR count). The molecule has 238 valence electrons. The third-order valence-corrected chi connectivity index (χ3v) is 10.5. The lowest BCUT2D eigenvalue weighted by molar-refractivity contribution is -0.260. The first kappa shape index (κ1) is 30.9. The highest BCUT2D eigenvalue weighted by Gasteiger charge is 2.58. The number of urea groups is 1. The molecule has 9 heteroatoms. The van der Waals surface area contributed by atoms with Crippen molar-refractivity contribution in [3.05, 3.63) is 71.8 Å². The largest absolute Gasteiger partial charge is 0.493 e. The van der Waals surface area contributed by atoms with Crippen molar-refractivity contribution in [2.45, 2.75) is 82.5 Å². The number of amides is 2. The lowest BCUT2D eigenvalue weighted by Crippen LogP contribution is -2.64. The molecule has 0 N–H and O–H groups in total. The fraction of sp³-hybridized carbons (Fsp3) is 0.600. The third kappa shape index (κ3) is 7.24. The van der Waals surface area contributed by atoms with E-state index in [-0.39, 0.29) is 6.54 Å². The summed E-state index contributed by atoms with van der Waals surface area (Å²) in [6.45, 7) is 3.39. The van der Waals surface area contributed by atoms with Gasteiger partial charge in [-0.25, -0.2) is 9.59 Å². The summed E-state index contributed by atoms with van der Waals surface area (Å²) in [6.07, 6.45) is 3.74. The summed E-state index contributed by atoms with van der Waals surface area (Å²) in [4.78, 5) is 35.7. The van der Waals surface area contributed by atoms with E-state index in [1.807, 2.05) is 36.4 Å². The number of nitrogens with zero attached hydrogens (tertiary/aromatic N) is 3. The van der Waals surface area contributed by atoms with Crippen molar-refractivity contribution in [2.24, 2.45) is 23.7 Å². The van der Waals surface area contributed by atoms with Crippen molar-refractivity contribution in [2.75, 3.05) is 26.2 Å². The van der Waals surface area contributed by atoms with Crippen molar-refractivity contribution < 1.29 is 27.6 Å². The maximum absolute atomic E-state index is 14.3. The van der Waals surface area contributed by atoms with Gasteiger partial charge in [0, 0.05) is 13.1 Å². The Balaban J connectivity index is 1.14. The summed E-state index contributed by atoms with van der Waals surface area (Å²) < 4.78 is 40.6. The lowest BCUT2D eigenvalue weighted by atomic mass is 9.53. The summed E-state index contributed by atoms with van der Waals surface area (Å²) in [6, 6.07) is 19.4. The number of hydrogen-bond donors (Lipinski definition) is 0. The first-order valence-electron chi connectivity index (χ1n) is 16.4. The van der Waals surface area contributed by atoms with Gasteiger partial charge in [0.2, 0.25) is 0 Å². The van der Waals surface area contributed by atoms with Gasteiger partial charge in [-0.3, -0.25) is 0 Å². The van der Waals surface area contributed by atoms with Crippen LogP contribution in [0.5, 0.6) is 0 Å². The number of alkyl halides is 3. The van der Waals surface area contributed by atoms with E-state index in [1.165, 1.54) is 5.56 Å². The van der Waals surface area contributed by atoms with Gasteiger partial charge in [-0.05, 0) is 119 Å². The second-order valence-electron chi connectivity index (χ2n) is 13.8. The summed E-state index contributed by atoms with van der Waals surface area (Å²) in [5.74, 6) is -0.600. The molecule has 0 unspecified atom stereocenters. The Kier molecular flexibility index (Phi) is 9.22. The van der Waals surface area contributed by atoms with Crippen LogP contribution in [-0.2, 0) is 22.6 Å². The minimum Gasteiger partial charge on any atom is -0.327 e. The Hall–Kier alpha value is -3.07. The maximum atomic E-state index is 14.3. The van der Waals surface area contributed by atoms with Crippen molar-refractivity contribution in [3.63, 3.8) is 0 Å². The molecule has 2 aromatic carbocycles. The smallest absolute Gasteiger partial charge is 0.327 e. The summed E-state index contributed by atoms with van der Waals surface area (Å²) in [5.41, 5.74) is 1.38. The average molecular weight is 612 g/mol. The molecule has 1 aliphatic heterocycles. The van der Waals surface area contributed by atoms with Crippen molar-refractivity contribution in [1.82, 2.24) is 14.9 Å². The fourth-order valence-corrected chi connectivity index (χ4v) is 8.81. The van der Waals surface area contributed by atoms with Crippen LogP contribution in [0.15, 0.2) is 60.7 Å². The number of carbonyl (C=O) groups excluding carboxylic acids is 2. The van der Waals surface area contributed by atoms with Gasteiger partial charge in [0.25, 0.3) is 0 Å². The Morgan fingerprint density at radius 3 is 1.93 bits per heavy atom. The van der Waals surface area contributed by atoms with Crippen LogP contribution in [0.1, 0.15) is 68.9 Å². The van der Waals surface area contributed by atoms with Gasteiger partial charge >= 0.3 is 18.2 Å². The molecule has 1 saturated heterocycles. The zero-order valence-corrected chi connectivity index (χ0v) is 25.4. The number of hydrogen-bond acceptors (Lipinski definition) is 4. The van der Waals surface area contributed by atoms with Crippen LogP contribution in [0.25, 0.3) is 0 Å². The molecule has 0 radical (unpaired) electrons. The predicted octanol–water partition coefficient (Wildman–Crippen LogP) is 7.24. The number of rotatable bonds is 9. The number of hydroxylamine groups is 2. The second-order valence-corrected chi connectivity index (χ2v) is 13.8. The number of carbonyl (C=O) groups is 2. The standard InChI is InChI=1S/C35H44F3N3O3/c36-35(37,38)32(42)44-41(34-22-29-19-30(23-34)21-31(20-29)24-34)33(43)40(25-28-10-5-2-6-11-28)15-7-14-39-16-12-27(13-17-39)18-26-8-3-1-4-9-26/h1-6,8-11,27,29-31H,7,12-25H2. The van der Waals surface area contributed by atoms with Gasteiger partial charge in [-0.2, -0.15) is 13.2 Å². The van der Waals surface area contributed by atoms with Crippen LogP contribution in [0, 0.1) is 23.7 Å². The predicted molar refractivity (Wildman–Crippen MR) is 161 cm³/mol. The fourth-order valence-electron chi connectivity index (χ4n) is 8.81. The van der Waals surface area contributed by atoms with E-state index in [0.717, 1.165) is 68.8 Å². The topological polar surface area (TPSA) is 53.1 Å². The third-order valence-electron chi connectivity index (χ3n) is 10.5. The van der Waals surface area contributed by atoms with Crippen LogP contribution in [0.4, 0.5) is 18.0 Å². The normalized spacial score (nSPS) is 26.8. The average Bonchev–Trinajstić information content (AvgIpc) is 2.99. The van der Waals surface area contributed by atoms with Gasteiger partial charge in [0.1, 0.15) is 0 Å². The first-order chi connectivity index (χ1) is 21.2. The van der Waals surface area contributed by atoms with E-state index in [2.05, 4.69) is 29.2 Å². The molecule has 4 saturated carbocycles. The van der Waals surface area contributed by atoms with Crippen molar-refractivity contribution in [3.8, 4) is 0 Å². The van der Waals surface area contributed by atoms with Crippen LogP contribution in [-0.4, -0.2) is 64.8 Å². The molecule has 1 heterocycles. The Morgan fingerprint density at radius 1 is 0.841 bits per heavy atom. The van der Waals surface area contributed by atoms with Gasteiger partial charge in [-0.1, -0.05) is 60.7 Å². The molecule has 4 bridgehead atoms. The van der Waals surface area contributed by atoms with E-state index in [0.29, 0.717) is 55.9 Å². The van der Waals surface area contributed by atoms with Crippen molar-refractivity contribution in [1.29, 1.82) is 0 Å². The SMILES string of the molecule is O=C(N(CCCN1CCC(Cc2ccccc2)CC1)Cc1ccccc1)N(OC(=O)C(F)(F)F)C12CC3CC(CC(C3)C1)C2. The van der Waals surface area contributed by atoms with E-state index in [4.69, 9.17) is 4.84 Å². The minimum atomic E-state index is -5.18. The number of benzene rings is 2. The summed E-state index contributed by atoms with van der Waals surface area (Å²) in [5, 5.41) is 0.894. The summed E-state index contributed by atoms with van der Waals surface area (Å²) in [7, 11) is 0. The Morgan fingerprint density at radius 2 is 1.39 bits per heavy atom. The van der Waals surface area contributed by atoms with Crippen LogP contribution >= 0.6 is 0 Å². The second kappa shape index (κ2) is 13.1. The zero-order chi connectivity index (χ0) is 30.7. The highest BCUT2D eigenvalue weighted by Crippen LogP contribution is 2.58. The van der Waals surface area contributed by atoms with Gasteiger partial charge < -0.3 is 14.6 Å². The summed E-state index contributed by atoms with van der Waals surface area (Å²) >= 11 is 0. The molecule has 5 aliphatic rings. The highest BCUT2D eigenvalue weighted by molar-refractivity contribution is 5.80. The van der Waals surface area contributed by atoms with Crippen LogP contribution < -0.4 is 0 Å². The number of piperidine rings is 1. The van der Waals surface area contributed by atoms with Crippen molar-refractivity contribution >= 4 is 12.0 Å². The molecular weight excluding hydrogens is 567 g/mol. The molecule has 5 fully saturated rings. The zero-order valence-electron chi connectivity index (χ0n) is 25.4. The number of halogens is 3. The van der Waals surface area contributed by atoms with E-state index >= 15 is 0 Å². The molecule has 0 atom stereocenters. The minimum absolute atomic E-state index is 0.241. The quantitative estimate of drug-likeness (QED) is 0.281. The molecule has 44 heavy (non-hydrogen) atoms. The maximum Gasteiger partial charge on any atom is 0.493 e. The van der Waals surface area contributed by atoms with Crippen LogP contribution in [0.2, 0.25) is 0 Å². The molecule has 4 aliphatic carbocycles.